The fraction of sp³-hybridized carbons (Fsp3) is 0.875. The van der Waals surface area contributed by atoms with Crippen molar-refractivity contribution in [3.63, 3.8) is 0 Å². The molecule has 0 aliphatic rings. The summed E-state index contributed by atoms with van der Waals surface area (Å²) in [7, 11) is 1.57. The predicted molar refractivity (Wildman–Crippen MR) is 45.6 cm³/mol. The summed E-state index contributed by atoms with van der Waals surface area (Å²) < 4.78 is 4.85. The van der Waals surface area contributed by atoms with E-state index in [1.165, 1.54) is 0 Å². The lowest BCUT2D eigenvalue weighted by molar-refractivity contribution is 0.125. The van der Waals surface area contributed by atoms with Gasteiger partial charge in [0.1, 0.15) is 0 Å². The monoisotopic (exact) mass is 172 g/mol. The minimum absolute atomic E-state index is 0.00792. The zero-order chi connectivity index (χ0) is 9.40. The van der Waals surface area contributed by atoms with Crippen LogP contribution in [0.25, 0.3) is 0 Å². The molecule has 0 radical (unpaired) electrons. The van der Waals surface area contributed by atoms with Gasteiger partial charge in [-0.3, -0.25) is 5.32 Å². The van der Waals surface area contributed by atoms with E-state index in [1.807, 2.05) is 6.92 Å². The first-order valence-corrected chi connectivity index (χ1v) is 4.03. The van der Waals surface area contributed by atoms with Gasteiger partial charge in [0.15, 0.2) is 0 Å². The Morgan fingerprint density at radius 2 is 2.33 bits per heavy atom. The topological polar surface area (TPSA) is 65.3 Å². The fourth-order valence-corrected chi connectivity index (χ4v) is 0.886. The molecular weight excluding hydrogens is 156 g/mol. The Labute approximate surface area is 73.1 Å². The summed E-state index contributed by atoms with van der Waals surface area (Å²) in [6.45, 7) is 2.34. The second kappa shape index (κ2) is 7.04. The van der Waals surface area contributed by atoms with Gasteiger partial charge in [-0.05, 0) is 6.42 Å². The Balaban J connectivity index is 3.75. The van der Waals surface area contributed by atoms with E-state index >= 15 is 0 Å². The van der Waals surface area contributed by atoms with Crippen LogP contribution in [0.15, 0.2) is 0 Å². The van der Waals surface area contributed by atoms with Gasteiger partial charge in [0, 0.05) is 7.11 Å². The van der Waals surface area contributed by atoms with Gasteiger partial charge in [0.2, 0.25) is 0 Å². The molecule has 0 saturated heterocycles. The summed E-state index contributed by atoms with van der Waals surface area (Å²) in [6.07, 6.45) is 0.733. The maximum absolute atomic E-state index is 8.85. The zero-order valence-electron chi connectivity index (χ0n) is 7.58. The first-order chi connectivity index (χ1) is 5.78. The Kier molecular flexibility index (Phi) is 6.67. The Hall–Kier alpha value is -0.630. The highest BCUT2D eigenvalue weighted by Crippen LogP contribution is 1.92. The van der Waals surface area contributed by atoms with E-state index in [2.05, 4.69) is 11.4 Å². The van der Waals surface area contributed by atoms with Crippen LogP contribution in [0.4, 0.5) is 0 Å². The minimum Gasteiger partial charge on any atom is -0.395 e. The van der Waals surface area contributed by atoms with Gasteiger partial charge in [-0.1, -0.05) is 6.92 Å². The quantitative estimate of drug-likeness (QED) is 0.586. The number of aliphatic hydroxyl groups excluding tert-OH is 1. The summed E-state index contributed by atoms with van der Waals surface area (Å²) in [6, 6.07) is 1.76. The first kappa shape index (κ1) is 11.4. The predicted octanol–water partition coefficient (Wildman–Crippen LogP) is -0.115. The van der Waals surface area contributed by atoms with Crippen molar-refractivity contribution in [1.29, 1.82) is 5.26 Å². The van der Waals surface area contributed by atoms with Crippen molar-refractivity contribution in [1.82, 2.24) is 5.32 Å². The number of nitrogens with zero attached hydrogens (tertiary/aromatic N) is 1. The highest BCUT2D eigenvalue weighted by molar-refractivity contribution is 4.90. The third-order valence-electron chi connectivity index (χ3n) is 1.59. The van der Waals surface area contributed by atoms with E-state index in [-0.39, 0.29) is 18.7 Å². The summed E-state index contributed by atoms with van der Waals surface area (Å²) in [4.78, 5) is 0. The molecule has 0 aromatic rings. The smallest absolute Gasteiger partial charge is 0.0953 e. The van der Waals surface area contributed by atoms with Gasteiger partial charge < -0.3 is 9.84 Å². The van der Waals surface area contributed by atoms with Gasteiger partial charge >= 0.3 is 0 Å². The van der Waals surface area contributed by atoms with Gasteiger partial charge in [-0.25, -0.2) is 0 Å². The number of aliphatic hydroxyl groups is 1. The van der Waals surface area contributed by atoms with Crippen LogP contribution in [0.1, 0.15) is 13.3 Å². The molecule has 0 aliphatic carbocycles. The van der Waals surface area contributed by atoms with E-state index in [4.69, 9.17) is 15.1 Å². The van der Waals surface area contributed by atoms with Crippen molar-refractivity contribution in [2.45, 2.75) is 25.4 Å². The molecule has 70 valence electrons. The lowest BCUT2D eigenvalue weighted by atomic mass is 10.2. The van der Waals surface area contributed by atoms with Crippen molar-refractivity contribution < 1.29 is 9.84 Å². The van der Waals surface area contributed by atoms with Crippen molar-refractivity contribution >= 4 is 0 Å². The Morgan fingerprint density at radius 3 is 2.67 bits per heavy atom. The third-order valence-corrected chi connectivity index (χ3v) is 1.59. The van der Waals surface area contributed by atoms with Crippen LogP contribution in [0, 0.1) is 11.3 Å². The number of nitrogens with one attached hydrogen (secondary N) is 1. The maximum atomic E-state index is 8.85. The molecule has 0 aromatic heterocycles. The van der Waals surface area contributed by atoms with E-state index in [0.717, 1.165) is 6.42 Å². The second-order valence-corrected chi connectivity index (χ2v) is 2.59. The number of methoxy groups -OCH3 is 1. The molecule has 0 heterocycles. The molecule has 0 saturated carbocycles. The van der Waals surface area contributed by atoms with Crippen molar-refractivity contribution in [2.75, 3.05) is 20.3 Å². The normalized spacial score (nSPS) is 15.2. The van der Waals surface area contributed by atoms with Crippen LogP contribution < -0.4 is 5.32 Å². The molecule has 2 atom stereocenters. The minimum atomic E-state index is -0.197. The largest absolute Gasteiger partial charge is 0.395 e. The highest BCUT2D eigenvalue weighted by atomic mass is 16.5. The van der Waals surface area contributed by atoms with Crippen LogP contribution in [0.3, 0.4) is 0 Å². The number of ether oxygens (including phenoxy) is 1. The molecule has 4 heteroatoms. The molecule has 2 N–H and O–H groups in total. The molecule has 2 unspecified atom stereocenters. The van der Waals surface area contributed by atoms with Crippen LogP contribution in [0.5, 0.6) is 0 Å². The van der Waals surface area contributed by atoms with Gasteiger partial charge in [-0.15, -0.1) is 0 Å². The molecule has 0 rings (SSSR count). The molecule has 0 fully saturated rings. The molecule has 0 aliphatic heterocycles. The molecule has 0 aromatic carbocycles. The average molecular weight is 172 g/mol. The zero-order valence-corrected chi connectivity index (χ0v) is 7.58. The summed E-state index contributed by atoms with van der Waals surface area (Å²) in [5.41, 5.74) is 0. The van der Waals surface area contributed by atoms with E-state index < -0.39 is 0 Å². The molecule has 0 spiro atoms. The highest BCUT2D eigenvalue weighted by Gasteiger charge is 2.11. The third kappa shape index (κ3) is 4.29. The number of hydrogen-bond acceptors (Lipinski definition) is 4. The van der Waals surface area contributed by atoms with Gasteiger partial charge in [0.25, 0.3) is 0 Å². The first-order valence-electron chi connectivity index (χ1n) is 4.03. The van der Waals surface area contributed by atoms with E-state index in [0.29, 0.717) is 6.61 Å². The number of hydrogen-bond donors (Lipinski definition) is 2. The Morgan fingerprint density at radius 1 is 1.67 bits per heavy atom. The number of nitriles is 1. The molecule has 12 heavy (non-hydrogen) atoms. The summed E-state index contributed by atoms with van der Waals surface area (Å²) >= 11 is 0. The molecule has 0 bridgehead atoms. The average Bonchev–Trinajstić information content (AvgIpc) is 2.12. The van der Waals surface area contributed by atoms with Crippen LogP contribution in [-0.4, -0.2) is 37.5 Å². The maximum Gasteiger partial charge on any atom is 0.0953 e. The summed E-state index contributed by atoms with van der Waals surface area (Å²) in [5.74, 6) is 0. The van der Waals surface area contributed by atoms with Crippen LogP contribution in [0.2, 0.25) is 0 Å². The fourth-order valence-electron chi connectivity index (χ4n) is 0.886. The number of rotatable bonds is 6. The lowest BCUT2D eigenvalue weighted by Gasteiger charge is -2.17. The van der Waals surface area contributed by atoms with Crippen LogP contribution >= 0.6 is 0 Å². The lowest BCUT2D eigenvalue weighted by Crippen LogP contribution is -2.42. The SMILES string of the molecule is CCC(C#N)NC(CO)COC. The van der Waals surface area contributed by atoms with E-state index in [1.54, 1.807) is 7.11 Å². The van der Waals surface area contributed by atoms with E-state index in [9.17, 15) is 0 Å². The standard InChI is InChI=1S/C8H16N2O2/c1-3-7(4-9)10-8(5-11)6-12-2/h7-8,10-11H,3,5-6H2,1-2H3. The van der Waals surface area contributed by atoms with Crippen molar-refractivity contribution in [3.05, 3.63) is 0 Å². The molecule has 4 nitrogen and oxygen atoms in total. The summed E-state index contributed by atoms with van der Waals surface area (Å²) in [5, 5.41) is 20.4. The second-order valence-electron chi connectivity index (χ2n) is 2.59. The van der Waals surface area contributed by atoms with Crippen LogP contribution in [-0.2, 0) is 4.74 Å². The van der Waals surface area contributed by atoms with Crippen molar-refractivity contribution in [3.8, 4) is 6.07 Å². The van der Waals surface area contributed by atoms with Gasteiger partial charge in [-0.2, -0.15) is 5.26 Å². The van der Waals surface area contributed by atoms with Gasteiger partial charge in [0.05, 0.1) is 31.4 Å². The van der Waals surface area contributed by atoms with Crippen molar-refractivity contribution in [2.24, 2.45) is 0 Å². The Bertz CT molecular complexity index is 144. The molecular formula is C8H16N2O2. The molecule has 0 amide bonds.